The van der Waals surface area contributed by atoms with E-state index in [2.05, 4.69) is 27.2 Å². The van der Waals surface area contributed by atoms with Crippen LogP contribution in [0.3, 0.4) is 0 Å². The normalized spacial score (nSPS) is 17.5. The molecule has 1 atom stereocenters. The largest absolute Gasteiger partial charge is 0.348 e. The molecule has 22 heavy (non-hydrogen) atoms. The van der Waals surface area contributed by atoms with Gasteiger partial charge in [0.15, 0.2) is 5.13 Å². The number of anilines is 1. The molecule has 1 aliphatic rings. The number of aromatic nitrogens is 3. The van der Waals surface area contributed by atoms with E-state index in [1.54, 1.807) is 23.7 Å². The van der Waals surface area contributed by atoms with Crippen LogP contribution in [0, 0.1) is 5.92 Å². The molecule has 2 N–H and O–H groups in total. The first kappa shape index (κ1) is 15.2. The number of hydrogen-bond acceptors (Lipinski definition) is 5. The van der Waals surface area contributed by atoms with E-state index in [1.165, 1.54) is 17.0 Å². The van der Waals surface area contributed by atoms with E-state index in [4.69, 9.17) is 0 Å². The van der Waals surface area contributed by atoms with Gasteiger partial charge in [-0.05, 0) is 32.2 Å². The molecular formula is C15H21N5OS. The fourth-order valence-electron chi connectivity index (χ4n) is 2.69. The second-order valence-corrected chi connectivity index (χ2v) is 7.08. The van der Waals surface area contributed by atoms with Crippen molar-refractivity contribution >= 4 is 22.4 Å². The summed E-state index contributed by atoms with van der Waals surface area (Å²) in [5.41, 5.74) is 1.17. The molecule has 0 aromatic carbocycles. The molecule has 0 radical (unpaired) electrons. The predicted octanol–water partition coefficient (Wildman–Crippen LogP) is 2.06. The second-order valence-electron chi connectivity index (χ2n) is 5.99. The molecule has 2 aromatic rings. The van der Waals surface area contributed by atoms with Gasteiger partial charge < -0.3 is 10.3 Å². The minimum absolute atomic E-state index is 0.0341. The average Bonchev–Trinajstić information content (AvgIpc) is 3.06. The molecule has 0 aliphatic heterocycles. The number of imidazole rings is 1. The van der Waals surface area contributed by atoms with Gasteiger partial charge in [-0.25, -0.2) is 9.97 Å². The Morgan fingerprint density at radius 3 is 3.23 bits per heavy atom. The quantitative estimate of drug-likeness (QED) is 0.885. The molecule has 2 aromatic heterocycles. The topological polar surface area (TPSA) is 73.9 Å². The van der Waals surface area contributed by atoms with E-state index in [0.29, 0.717) is 13.1 Å². The van der Waals surface area contributed by atoms with Crippen LogP contribution < -0.4 is 5.32 Å². The Morgan fingerprint density at radius 1 is 1.59 bits per heavy atom. The van der Waals surface area contributed by atoms with Crippen molar-refractivity contribution < 1.29 is 4.79 Å². The third kappa shape index (κ3) is 3.72. The standard InChI is InChI=1S/C15H21N5OS/c1-10-3-4-11-12(7-10)22-15(18-11)19-14(21)9-20(2)8-13-16-5-6-17-13/h5-6,10H,3-4,7-9H2,1-2H3,(H,16,17)(H,18,19,21)/t10-/m1/s1. The van der Waals surface area contributed by atoms with E-state index < -0.39 is 0 Å². The molecule has 6 nitrogen and oxygen atoms in total. The number of carbonyl (C=O) groups excluding carboxylic acids is 1. The molecular weight excluding hydrogens is 298 g/mol. The van der Waals surface area contributed by atoms with Crippen molar-refractivity contribution in [2.75, 3.05) is 18.9 Å². The third-order valence-corrected chi connectivity index (χ3v) is 4.86. The number of hydrogen-bond donors (Lipinski definition) is 2. The minimum atomic E-state index is -0.0341. The fourth-order valence-corrected chi connectivity index (χ4v) is 3.88. The first-order chi connectivity index (χ1) is 10.6. The summed E-state index contributed by atoms with van der Waals surface area (Å²) in [5.74, 6) is 1.54. The van der Waals surface area contributed by atoms with Gasteiger partial charge in [0.1, 0.15) is 5.82 Å². The number of likely N-dealkylation sites (N-methyl/N-ethyl adjacent to an activating group) is 1. The molecule has 1 amide bonds. The van der Waals surface area contributed by atoms with Crippen LogP contribution in [0.5, 0.6) is 0 Å². The third-order valence-electron chi connectivity index (χ3n) is 3.82. The SMILES string of the molecule is C[C@@H]1CCc2nc(NC(=O)CN(C)Cc3ncc[nH]3)sc2C1. The highest BCUT2D eigenvalue weighted by molar-refractivity contribution is 7.15. The number of H-pyrrole nitrogens is 1. The zero-order valence-corrected chi connectivity index (χ0v) is 13.7. The van der Waals surface area contributed by atoms with Gasteiger partial charge in [0.25, 0.3) is 0 Å². The van der Waals surface area contributed by atoms with Crippen LogP contribution in [0.4, 0.5) is 5.13 Å². The number of carbonyl (C=O) groups is 1. The minimum Gasteiger partial charge on any atom is -0.348 e. The maximum absolute atomic E-state index is 12.1. The zero-order chi connectivity index (χ0) is 15.5. The fraction of sp³-hybridized carbons (Fsp3) is 0.533. The Hall–Kier alpha value is -1.73. The van der Waals surface area contributed by atoms with Crippen molar-refractivity contribution in [1.29, 1.82) is 0 Å². The number of aryl methyl sites for hydroxylation is 1. The van der Waals surface area contributed by atoms with E-state index in [0.717, 1.165) is 29.7 Å². The van der Waals surface area contributed by atoms with Gasteiger partial charge >= 0.3 is 0 Å². The van der Waals surface area contributed by atoms with Gasteiger partial charge in [-0.1, -0.05) is 6.92 Å². The lowest BCUT2D eigenvalue weighted by molar-refractivity contribution is -0.117. The van der Waals surface area contributed by atoms with E-state index in [-0.39, 0.29) is 5.91 Å². The Balaban J connectivity index is 1.53. The van der Waals surface area contributed by atoms with Crippen molar-refractivity contribution in [2.45, 2.75) is 32.7 Å². The number of fused-ring (bicyclic) bond motifs is 1. The Kier molecular flexibility index (Phi) is 4.54. The summed E-state index contributed by atoms with van der Waals surface area (Å²) in [6.07, 6.45) is 6.80. The van der Waals surface area contributed by atoms with E-state index in [1.807, 2.05) is 11.9 Å². The summed E-state index contributed by atoms with van der Waals surface area (Å²) in [6, 6.07) is 0. The smallest absolute Gasteiger partial charge is 0.240 e. The van der Waals surface area contributed by atoms with Crippen LogP contribution in [0.1, 0.15) is 29.7 Å². The molecule has 0 saturated carbocycles. The van der Waals surface area contributed by atoms with Crippen LogP contribution in [-0.4, -0.2) is 39.4 Å². The number of nitrogens with one attached hydrogen (secondary N) is 2. The number of rotatable bonds is 5. The van der Waals surface area contributed by atoms with Crippen LogP contribution in [0.2, 0.25) is 0 Å². The molecule has 1 aliphatic carbocycles. The van der Waals surface area contributed by atoms with Gasteiger partial charge in [-0.15, -0.1) is 11.3 Å². The first-order valence-electron chi connectivity index (χ1n) is 7.55. The second kappa shape index (κ2) is 6.58. The van der Waals surface area contributed by atoms with Crippen molar-refractivity contribution in [3.05, 3.63) is 28.8 Å². The lowest BCUT2D eigenvalue weighted by atomic mass is 9.93. The van der Waals surface area contributed by atoms with Gasteiger partial charge in [-0.2, -0.15) is 0 Å². The number of thiazole rings is 1. The van der Waals surface area contributed by atoms with Crippen LogP contribution >= 0.6 is 11.3 Å². The van der Waals surface area contributed by atoms with Gasteiger partial charge in [-0.3, -0.25) is 9.69 Å². The van der Waals surface area contributed by atoms with Gasteiger partial charge in [0.05, 0.1) is 18.8 Å². The lowest BCUT2D eigenvalue weighted by Crippen LogP contribution is -2.30. The lowest BCUT2D eigenvalue weighted by Gasteiger charge is -2.15. The molecule has 2 heterocycles. The molecule has 0 bridgehead atoms. The summed E-state index contributed by atoms with van der Waals surface area (Å²) in [6.45, 7) is 3.21. The van der Waals surface area contributed by atoms with Crippen LogP contribution in [-0.2, 0) is 24.2 Å². The summed E-state index contributed by atoms with van der Waals surface area (Å²) in [7, 11) is 1.90. The highest BCUT2D eigenvalue weighted by Crippen LogP contribution is 2.31. The summed E-state index contributed by atoms with van der Waals surface area (Å²) in [5, 5.41) is 3.65. The zero-order valence-electron chi connectivity index (χ0n) is 12.9. The summed E-state index contributed by atoms with van der Waals surface area (Å²) in [4.78, 5) is 27.1. The summed E-state index contributed by atoms with van der Waals surface area (Å²) < 4.78 is 0. The maximum atomic E-state index is 12.1. The average molecular weight is 319 g/mol. The van der Waals surface area contributed by atoms with E-state index in [9.17, 15) is 4.79 Å². The van der Waals surface area contributed by atoms with Crippen molar-refractivity contribution in [3.63, 3.8) is 0 Å². The summed E-state index contributed by atoms with van der Waals surface area (Å²) >= 11 is 1.62. The van der Waals surface area contributed by atoms with Crippen molar-refractivity contribution in [2.24, 2.45) is 5.92 Å². The molecule has 7 heteroatoms. The number of aromatic amines is 1. The van der Waals surface area contributed by atoms with Crippen LogP contribution in [0.25, 0.3) is 0 Å². The van der Waals surface area contributed by atoms with Crippen LogP contribution in [0.15, 0.2) is 12.4 Å². The highest BCUT2D eigenvalue weighted by Gasteiger charge is 2.20. The first-order valence-corrected chi connectivity index (χ1v) is 8.37. The number of nitrogens with zero attached hydrogens (tertiary/aromatic N) is 3. The van der Waals surface area contributed by atoms with Gasteiger partial charge in [0.2, 0.25) is 5.91 Å². The Labute approximate surface area is 134 Å². The molecule has 3 rings (SSSR count). The molecule has 0 unspecified atom stereocenters. The van der Waals surface area contributed by atoms with E-state index >= 15 is 0 Å². The Bertz CT molecular complexity index is 636. The predicted molar refractivity (Wildman–Crippen MR) is 86.9 cm³/mol. The molecule has 118 valence electrons. The van der Waals surface area contributed by atoms with Crippen molar-refractivity contribution in [1.82, 2.24) is 19.9 Å². The Morgan fingerprint density at radius 2 is 2.45 bits per heavy atom. The molecule has 0 saturated heterocycles. The highest BCUT2D eigenvalue weighted by atomic mass is 32.1. The monoisotopic (exact) mass is 319 g/mol. The number of amides is 1. The van der Waals surface area contributed by atoms with Crippen molar-refractivity contribution in [3.8, 4) is 0 Å². The maximum Gasteiger partial charge on any atom is 0.240 e. The molecule has 0 spiro atoms. The molecule has 0 fully saturated rings. The van der Waals surface area contributed by atoms with Gasteiger partial charge in [0, 0.05) is 17.3 Å².